The number of hydrogen-bond donors (Lipinski definition) is 1. The minimum Gasteiger partial charge on any atom is -0.316 e. The zero-order valence-corrected chi connectivity index (χ0v) is 11.3. The second-order valence-corrected chi connectivity index (χ2v) is 5.49. The molecule has 0 amide bonds. The van der Waals surface area contributed by atoms with Gasteiger partial charge in [-0.2, -0.15) is 0 Å². The Balaban J connectivity index is 1.82. The number of nitrogens with zero attached hydrogens (tertiary/aromatic N) is 3. The van der Waals surface area contributed by atoms with Crippen molar-refractivity contribution in [3.8, 4) is 10.6 Å². The van der Waals surface area contributed by atoms with Crippen molar-refractivity contribution in [1.29, 1.82) is 0 Å². The van der Waals surface area contributed by atoms with Gasteiger partial charge in [0.05, 0.1) is 10.6 Å². The van der Waals surface area contributed by atoms with E-state index in [0.717, 1.165) is 22.3 Å². The van der Waals surface area contributed by atoms with Crippen molar-refractivity contribution in [2.45, 2.75) is 6.92 Å². The van der Waals surface area contributed by atoms with Crippen molar-refractivity contribution in [2.75, 3.05) is 5.32 Å². The highest BCUT2D eigenvalue weighted by molar-refractivity contribution is 7.16. The van der Waals surface area contributed by atoms with Gasteiger partial charge in [-0.1, -0.05) is 6.07 Å². The van der Waals surface area contributed by atoms with Gasteiger partial charge in [0.15, 0.2) is 5.13 Å². The minimum absolute atomic E-state index is 0.773. The lowest BCUT2D eigenvalue weighted by molar-refractivity contribution is 1.10. The summed E-state index contributed by atoms with van der Waals surface area (Å²) in [5.74, 6) is 0.773. The molecule has 6 heteroatoms. The second-order valence-electron chi connectivity index (χ2n) is 3.68. The molecule has 0 saturated carbocycles. The van der Waals surface area contributed by atoms with Crippen LogP contribution in [-0.4, -0.2) is 15.0 Å². The lowest BCUT2D eigenvalue weighted by atomic mass is 10.4. The molecular formula is C12H10N4S2. The number of thiophene rings is 1. The maximum atomic E-state index is 4.54. The van der Waals surface area contributed by atoms with Crippen LogP contribution in [0.25, 0.3) is 10.6 Å². The Bertz CT molecular complexity index is 646. The van der Waals surface area contributed by atoms with Crippen LogP contribution in [0.1, 0.15) is 5.69 Å². The van der Waals surface area contributed by atoms with Crippen molar-refractivity contribution in [1.82, 2.24) is 15.0 Å². The monoisotopic (exact) mass is 274 g/mol. The van der Waals surface area contributed by atoms with Gasteiger partial charge in [0, 0.05) is 17.1 Å². The Kier molecular flexibility index (Phi) is 3.04. The molecule has 3 aromatic rings. The summed E-state index contributed by atoms with van der Waals surface area (Å²) < 4.78 is 0. The Morgan fingerprint density at radius 2 is 2.17 bits per heavy atom. The van der Waals surface area contributed by atoms with Gasteiger partial charge in [0.25, 0.3) is 0 Å². The number of aromatic nitrogens is 3. The fourth-order valence-corrected chi connectivity index (χ4v) is 2.98. The van der Waals surface area contributed by atoms with Crippen LogP contribution in [0, 0.1) is 6.92 Å². The maximum Gasteiger partial charge on any atom is 0.188 e. The van der Waals surface area contributed by atoms with Crippen molar-refractivity contribution >= 4 is 33.6 Å². The van der Waals surface area contributed by atoms with E-state index in [-0.39, 0.29) is 0 Å². The molecule has 3 rings (SSSR count). The van der Waals surface area contributed by atoms with Gasteiger partial charge in [0.1, 0.15) is 12.1 Å². The summed E-state index contributed by atoms with van der Waals surface area (Å²) in [6, 6.07) is 5.99. The molecule has 0 aliphatic carbocycles. The number of nitrogens with one attached hydrogen (secondary N) is 1. The summed E-state index contributed by atoms with van der Waals surface area (Å²) in [5.41, 5.74) is 1.94. The van der Waals surface area contributed by atoms with E-state index in [1.807, 2.05) is 24.4 Å². The zero-order valence-electron chi connectivity index (χ0n) is 9.62. The molecule has 1 N–H and O–H groups in total. The van der Waals surface area contributed by atoms with Gasteiger partial charge in [-0.3, -0.25) is 0 Å². The van der Waals surface area contributed by atoms with Gasteiger partial charge in [-0.25, -0.2) is 15.0 Å². The molecule has 18 heavy (non-hydrogen) atoms. The maximum absolute atomic E-state index is 4.54. The van der Waals surface area contributed by atoms with Crippen molar-refractivity contribution in [2.24, 2.45) is 0 Å². The normalized spacial score (nSPS) is 10.5. The SMILES string of the molecule is Cc1cc(Nc2nc(-c3cccs3)cs2)ncn1. The summed E-state index contributed by atoms with van der Waals surface area (Å²) in [6.45, 7) is 1.94. The largest absolute Gasteiger partial charge is 0.316 e. The molecule has 3 heterocycles. The second kappa shape index (κ2) is 4.83. The van der Waals surface area contributed by atoms with Crippen LogP contribution in [0.2, 0.25) is 0 Å². The number of anilines is 2. The summed E-state index contributed by atoms with van der Waals surface area (Å²) in [4.78, 5) is 13.9. The highest BCUT2D eigenvalue weighted by Gasteiger charge is 2.06. The molecule has 0 saturated heterocycles. The first-order chi connectivity index (χ1) is 8.81. The van der Waals surface area contributed by atoms with E-state index in [4.69, 9.17) is 0 Å². The highest BCUT2D eigenvalue weighted by Crippen LogP contribution is 2.29. The van der Waals surface area contributed by atoms with E-state index in [0.29, 0.717) is 0 Å². The summed E-state index contributed by atoms with van der Waals surface area (Å²) >= 11 is 3.26. The highest BCUT2D eigenvalue weighted by atomic mass is 32.1. The van der Waals surface area contributed by atoms with Crippen molar-refractivity contribution < 1.29 is 0 Å². The molecule has 3 aromatic heterocycles. The Morgan fingerprint density at radius 1 is 1.22 bits per heavy atom. The number of aryl methyl sites for hydroxylation is 1. The summed E-state index contributed by atoms with van der Waals surface area (Å²) in [7, 11) is 0. The van der Waals surface area contributed by atoms with E-state index in [1.54, 1.807) is 29.0 Å². The van der Waals surface area contributed by atoms with Gasteiger partial charge in [-0.05, 0) is 18.4 Å². The van der Waals surface area contributed by atoms with Crippen LogP contribution in [0.15, 0.2) is 35.3 Å². The molecule has 0 fully saturated rings. The van der Waals surface area contributed by atoms with E-state index < -0.39 is 0 Å². The molecule has 0 unspecified atom stereocenters. The van der Waals surface area contributed by atoms with Gasteiger partial charge in [0.2, 0.25) is 0 Å². The Hall–Kier alpha value is -1.79. The van der Waals surface area contributed by atoms with Crippen LogP contribution in [0.5, 0.6) is 0 Å². The average molecular weight is 274 g/mol. The first-order valence-corrected chi connectivity index (χ1v) is 7.12. The molecule has 0 aromatic carbocycles. The molecule has 0 bridgehead atoms. The summed E-state index contributed by atoms with van der Waals surface area (Å²) in [5, 5.41) is 8.13. The summed E-state index contributed by atoms with van der Waals surface area (Å²) in [6.07, 6.45) is 1.55. The predicted octanol–water partition coefficient (Wildman–Crippen LogP) is 3.71. The van der Waals surface area contributed by atoms with E-state index in [2.05, 4.69) is 31.7 Å². The molecule has 0 aliphatic heterocycles. The van der Waals surface area contributed by atoms with Crippen molar-refractivity contribution in [3.63, 3.8) is 0 Å². The van der Waals surface area contributed by atoms with Crippen molar-refractivity contribution in [3.05, 3.63) is 41.0 Å². The first-order valence-electron chi connectivity index (χ1n) is 5.36. The van der Waals surface area contributed by atoms with Gasteiger partial charge in [-0.15, -0.1) is 22.7 Å². The van der Waals surface area contributed by atoms with E-state index in [1.165, 1.54) is 4.88 Å². The number of hydrogen-bond acceptors (Lipinski definition) is 6. The lowest BCUT2D eigenvalue weighted by Gasteiger charge is -2.00. The van der Waals surface area contributed by atoms with Crippen LogP contribution in [0.3, 0.4) is 0 Å². The molecular weight excluding hydrogens is 264 g/mol. The minimum atomic E-state index is 0.773. The molecule has 4 nitrogen and oxygen atoms in total. The molecule has 0 atom stereocenters. The first kappa shape index (κ1) is 11.3. The van der Waals surface area contributed by atoms with Gasteiger partial charge < -0.3 is 5.32 Å². The number of rotatable bonds is 3. The molecule has 0 spiro atoms. The standard InChI is InChI=1S/C12H10N4S2/c1-8-5-11(14-7-13-8)16-12-15-9(6-18-12)10-3-2-4-17-10/h2-7H,1H3,(H,13,14,15,16). The zero-order chi connectivity index (χ0) is 12.4. The Morgan fingerprint density at radius 3 is 2.94 bits per heavy atom. The quantitative estimate of drug-likeness (QED) is 0.791. The smallest absolute Gasteiger partial charge is 0.188 e. The van der Waals surface area contributed by atoms with E-state index >= 15 is 0 Å². The third kappa shape index (κ3) is 2.39. The van der Waals surface area contributed by atoms with Crippen LogP contribution in [-0.2, 0) is 0 Å². The number of thiazole rings is 1. The predicted molar refractivity (Wildman–Crippen MR) is 75.5 cm³/mol. The average Bonchev–Trinajstić information content (AvgIpc) is 2.98. The third-order valence-electron chi connectivity index (χ3n) is 2.32. The van der Waals surface area contributed by atoms with Crippen LogP contribution in [0.4, 0.5) is 10.9 Å². The van der Waals surface area contributed by atoms with Crippen LogP contribution < -0.4 is 5.32 Å². The van der Waals surface area contributed by atoms with Crippen LogP contribution >= 0.6 is 22.7 Å². The third-order valence-corrected chi connectivity index (χ3v) is 3.97. The lowest BCUT2D eigenvalue weighted by Crippen LogP contribution is -1.94. The topological polar surface area (TPSA) is 50.7 Å². The molecule has 90 valence electrons. The fourth-order valence-electron chi connectivity index (χ4n) is 1.50. The van der Waals surface area contributed by atoms with E-state index in [9.17, 15) is 0 Å². The molecule has 0 radical (unpaired) electrons. The molecule has 0 aliphatic rings. The fraction of sp³-hybridized carbons (Fsp3) is 0.0833. The Labute approximate surface area is 112 Å². The van der Waals surface area contributed by atoms with Gasteiger partial charge >= 0.3 is 0 Å².